The summed E-state index contributed by atoms with van der Waals surface area (Å²) in [6, 6.07) is 11.6. The maximum Gasteiger partial charge on any atom is 0.129 e. The Morgan fingerprint density at radius 1 is 1.04 bits per heavy atom. The van der Waals surface area contributed by atoms with E-state index in [4.69, 9.17) is 23.2 Å². The van der Waals surface area contributed by atoms with Gasteiger partial charge in [0, 0.05) is 34.0 Å². The quantitative estimate of drug-likeness (QED) is 0.630. The van der Waals surface area contributed by atoms with Crippen LogP contribution in [0.25, 0.3) is 11.1 Å². The zero-order chi connectivity index (χ0) is 16.7. The van der Waals surface area contributed by atoms with Crippen LogP contribution in [0.15, 0.2) is 41.4 Å². The molecule has 2 aromatic rings. The van der Waals surface area contributed by atoms with Crippen molar-refractivity contribution in [3.05, 3.63) is 46.7 Å². The summed E-state index contributed by atoms with van der Waals surface area (Å²) in [5.41, 5.74) is 2.12. The summed E-state index contributed by atoms with van der Waals surface area (Å²) in [6.07, 6.45) is 7.05. The Kier molecular flexibility index (Phi) is 4.79. The predicted molar refractivity (Wildman–Crippen MR) is 103 cm³/mol. The van der Waals surface area contributed by atoms with Gasteiger partial charge in [0.15, 0.2) is 0 Å². The Bertz CT molecular complexity index is 721. The smallest absolute Gasteiger partial charge is 0.129 e. The van der Waals surface area contributed by atoms with Gasteiger partial charge in [-0.1, -0.05) is 29.3 Å². The van der Waals surface area contributed by atoms with Crippen molar-refractivity contribution in [3.63, 3.8) is 0 Å². The molecule has 24 heavy (non-hydrogen) atoms. The molecule has 0 N–H and O–H groups in total. The van der Waals surface area contributed by atoms with Gasteiger partial charge in [-0.2, -0.15) is 0 Å². The largest absolute Gasteiger partial charge is 0.300 e. The second-order valence-corrected chi connectivity index (χ2v) is 8.91. The van der Waals surface area contributed by atoms with Crippen LogP contribution in [0.1, 0.15) is 25.7 Å². The monoisotopic (exact) mass is 378 g/mol. The highest BCUT2D eigenvalue weighted by Gasteiger charge is 2.38. The number of aromatic nitrogens is 1. The van der Waals surface area contributed by atoms with Crippen molar-refractivity contribution in [1.29, 1.82) is 0 Å². The second kappa shape index (κ2) is 6.87. The first-order valence-electron chi connectivity index (χ1n) is 8.40. The maximum absolute atomic E-state index is 6.57. The summed E-state index contributed by atoms with van der Waals surface area (Å²) < 4.78 is 0. The third-order valence-electron chi connectivity index (χ3n) is 5.34. The van der Waals surface area contributed by atoms with E-state index >= 15 is 0 Å². The molecular weight excluding hydrogens is 359 g/mol. The van der Waals surface area contributed by atoms with Crippen molar-refractivity contribution in [2.24, 2.45) is 0 Å². The average Bonchev–Trinajstić information content (AvgIpc) is 2.79. The summed E-state index contributed by atoms with van der Waals surface area (Å²) in [4.78, 5) is 7.91. The number of nitrogens with zero attached hydrogens (tertiary/aromatic N) is 2. The van der Waals surface area contributed by atoms with Gasteiger partial charge < -0.3 is 4.90 Å². The van der Waals surface area contributed by atoms with Crippen LogP contribution in [0.4, 0.5) is 0 Å². The van der Waals surface area contributed by atoms with E-state index in [0.29, 0.717) is 10.4 Å². The minimum absolute atomic E-state index is 0.508. The van der Waals surface area contributed by atoms with Gasteiger partial charge in [0.05, 0.1) is 5.02 Å². The van der Waals surface area contributed by atoms with Crippen molar-refractivity contribution in [1.82, 2.24) is 9.88 Å². The third kappa shape index (κ3) is 3.32. The van der Waals surface area contributed by atoms with Crippen LogP contribution in [0.3, 0.4) is 0 Å². The van der Waals surface area contributed by atoms with Crippen molar-refractivity contribution < 1.29 is 0 Å². The summed E-state index contributed by atoms with van der Waals surface area (Å²) >= 11 is 14.4. The molecule has 2 nitrogen and oxygen atoms in total. The third-order valence-corrected chi connectivity index (χ3v) is 7.32. The van der Waals surface area contributed by atoms with E-state index in [9.17, 15) is 0 Å². The van der Waals surface area contributed by atoms with Gasteiger partial charge >= 0.3 is 0 Å². The van der Waals surface area contributed by atoms with Crippen LogP contribution in [-0.4, -0.2) is 34.3 Å². The van der Waals surface area contributed by atoms with Gasteiger partial charge in [-0.05, 0) is 62.6 Å². The fourth-order valence-corrected chi connectivity index (χ4v) is 5.70. The fraction of sp³-hybridized carbons (Fsp3) is 0.421. The molecule has 0 aliphatic carbocycles. The van der Waals surface area contributed by atoms with Gasteiger partial charge in [0.1, 0.15) is 5.15 Å². The van der Waals surface area contributed by atoms with Crippen LogP contribution in [-0.2, 0) is 0 Å². The molecule has 1 aromatic heterocycles. The number of hydrogen-bond donors (Lipinski definition) is 0. The standard InChI is InChI=1S/C19H20Cl2N2S/c1-23-14-4-5-15(23)10-16(9-14)24-18-6-2-12(8-17(18)20)13-3-7-19(21)22-11-13/h2-3,6-8,11,14-16H,4-5,9-10H2,1H3. The highest BCUT2D eigenvalue weighted by atomic mass is 35.5. The van der Waals surface area contributed by atoms with Gasteiger partial charge in [0.25, 0.3) is 0 Å². The molecule has 3 heterocycles. The van der Waals surface area contributed by atoms with E-state index in [-0.39, 0.29) is 0 Å². The van der Waals surface area contributed by atoms with Crippen molar-refractivity contribution in [2.75, 3.05) is 7.05 Å². The van der Waals surface area contributed by atoms with Crippen LogP contribution in [0, 0.1) is 0 Å². The minimum atomic E-state index is 0.508. The first kappa shape index (κ1) is 16.7. The molecular formula is C19H20Cl2N2S. The number of pyridine rings is 1. The number of benzene rings is 1. The molecule has 2 aliphatic rings. The summed E-state index contributed by atoms with van der Waals surface area (Å²) in [7, 11) is 2.28. The zero-order valence-corrected chi connectivity index (χ0v) is 15.9. The first-order chi connectivity index (χ1) is 11.6. The van der Waals surface area contributed by atoms with Crippen molar-refractivity contribution in [2.45, 2.75) is 47.9 Å². The lowest BCUT2D eigenvalue weighted by atomic mass is 10.0. The van der Waals surface area contributed by atoms with Crippen LogP contribution in [0.2, 0.25) is 10.2 Å². The Morgan fingerprint density at radius 2 is 1.75 bits per heavy atom. The van der Waals surface area contributed by atoms with E-state index in [1.165, 1.54) is 30.6 Å². The molecule has 2 fully saturated rings. The minimum Gasteiger partial charge on any atom is -0.300 e. The highest BCUT2D eigenvalue weighted by Crippen LogP contribution is 2.43. The second-order valence-electron chi connectivity index (χ2n) is 6.78. The molecule has 2 unspecified atom stereocenters. The molecule has 126 valence electrons. The van der Waals surface area contributed by atoms with Crippen LogP contribution < -0.4 is 0 Å². The van der Waals surface area contributed by atoms with Gasteiger partial charge in [-0.25, -0.2) is 4.98 Å². The molecule has 5 heteroatoms. The average molecular weight is 379 g/mol. The number of piperidine rings is 1. The lowest BCUT2D eigenvalue weighted by Crippen LogP contribution is -2.40. The molecule has 2 aliphatic heterocycles. The van der Waals surface area contributed by atoms with E-state index in [0.717, 1.165) is 28.2 Å². The topological polar surface area (TPSA) is 16.1 Å². The van der Waals surface area contributed by atoms with Crippen molar-refractivity contribution in [3.8, 4) is 11.1 Å². The fourth-order valence-electron chi connectivity index (χ4n) is 3.96. The predicted octanol–water partition coefficient (Wildman–Crippen LogP) is 5.77. The number of rotatable bonds is 3. The Hall–Kier alpha value is -0.740. The molecule has 0 radical (unpaired) electrons. The highest BCUT2D eigenvalue weighted by molar-refractivity contribution is 8.00. The molecule has 2 atom stereocenters. The van der Waals surface area contributed by atoms with E-state index < -0.39 is 0 Å². The zero-order valence-electron chi connectivity index (χ0n) is 13.6. The Labute approximate surface area is 157 Å². The molecule has 4 rings (SSSR count). The van der Waals surface area contributed by atoms with Crippen molar-refractivity contribution >= 4 is 35.0 Å². The Morgan fingerprint density at radius 3 is 2.38 bits per heavy atom. The van der Waals surface area contributed by atoms with E-state index in [2.05, 4.69) is 29.1 Å². The van der Waals surface area contributed by atoms with E-state index in [1.807, 2.05) is 30.0 Å². The number of thioether (sulfide) groups is 1. The molecule has 1 aromatic carbocycles. The number of halogens is 2. The summed E-state index contributed by atoms with van der Waals surface area (Å²) in [5.74, 6) is 0. The maximum atomic E-state index is 6.57. The first-order valence-corrected chi connectivity index (χ1v) is 10.0. The SMILES string of the molecule is CN1C2CCC1CC(Sc1ccc(-c3ccc(Cl)nc3)cc1Cl)C2. The van der Waals surface area contributed by atoms with E-state index in [1.54, 1.807) is 6.20 Å². The summed E-state index contributed by atoms with van der Waals surface area (Å²) in [5, 5.41) is 2.02. The summed E-state index contributed by atoms with van der Waals surface area (Å²) in [6.45, 7) is 0. The normalized spacial score (nSPS) is 26.7. The van der Waals surface area contributed by atoms with Gasteiger partial charge in [-0.15, -0.1) is 11.8 Å². The molecule has 2 bridgehead atoms. The lowest BCUT2D eigenvalue weighted by molar-refractivity contribution is 0.183. The molecule has 2 saturated heterocycles. The van der Waals surface area contributed by atoms with Gasteiger partial charge in [0.2, 0.25) is 0 Å². The molecule has 0 spiro atoms. The number of fused-ring (bicyclic) bond motifs is 2. The molecule has 0 amide bonds. The number of hydrogen-bond acceptors (Lipinski definition) is 3. The van der Waals surface area contributed by atoms with Crippen LogP contribution >= 0.6 is 35.0 Å². The molecule has 0 saturated carbocycles. The van der Waals surface area contributed by atoms with Crippen LogP contribution in [0.5, 0.6) is 0 Å². The Balaban J connectivity index is 1.50. The lowest BCUT2D eigenvalue weighted by Gasteiger charge is -2.36. The van der Waals surface area contributed by atoms with Gasteiger partial charge in [-0.3, -0.25) is 0 Å².